The van der Waals surface area contributed by atoms with E-state index in [4.69, 9.17) is 48.4 Å². The van der Waals surface area contributed by atoms with Crippen LogP contribution >= 0.6 is 23.2 Å². The van der Waals surface area contributed by atoms with Crippen LogP contribution in [0.1, 0.15) is 69.0 Å². The van der Waals surface area contributed by atoms with Gasteiger partial charge in [-0.1, -0.05) is 23.2 Å². The number of hydrogen-bond donors (Lipinski definition) is 2. The summed E-state index contributed by atoms with van der Waals surface area (Å²) < 4.78 is 44.3. The molecule has 1 aromatic carbocycles. The summed E-state index contributed by atoms with van der Waals surface area (Å²) in [5.74, 6) is 0.0561. The number of phenols is 1. The van der Waals surface area contributed by atoms with Gasteiger partial charge in [0.15, 0.2) is 5.82 Å². The Morgan fingerprint density at radius 2 is 2.02 bits per heavy atom. The van der Waals surface area contributed by atoms with Crippen LogP contribution in [0.3, 0.4) is 0 Å². The zero-order chi connectivity index (χ0) is 33.5. The second-order valence-corrected chi connectivity index (χ2v) is 14.4. The molecule has 14 heteroatoms. The number of hydrogen-bond acceptors (Lipinski definition) is 10. The molecule has 2 saturated heterocycles. The minimum Gasteiger partial charge on any atom is -0.508 e. The van der Waals surface area contributed by atoms with Gasteiger partial charge in [0.25, 0.3) is 0 Å². The maximum absolute atomic E-state index is 17.1. The third-order valence-corrected chi connectivity index (χ3v) is 10.8. The Kier molecular flexibility index (Phi) is 7.68. The number of rotatable bonds is 7. The summed E-state index contributed by atoms with van der Waals surface area (Å²) in [4.78, 5) is 22.6. The van der Waals surface area contributed by atoms with Crippen LogP contribution in [0.15, 0.2) is 24.4 Å². The highest BCUT2D eigenvalue weighted by Gasteiger charge is 2.49. The number of nitrogens with zero attached hydrogens (tertiary/aromatic N) is 6. The molecule has 4 aromatic rings. The van der Waals surface area contributed by atoms with Gasteiger partial charge in [-0.25, -0.2) is 18.7 Å². The number of nitrogen functional groups attached to an aromatic ring is 1. The molecule has 3 aromatic heterocycles. The molecule has 0 unspecified atom stereocenters. The van der Waals surface area contributed by atoms with E-state index < -0.39 is 23.6 Å². The van der Waals surface area contributed by atoms with Gasteiger partial charge in [-0.3, -0.25) is 4.90 Å². The first-order valence-electron chi connectivity index (χ1n) is 16.3. The topological polar surface area (TPSA) is 123 Å². The van der Waals surface area contributed by atoms with Gasteiger partial charge >= 0.3 is 6.01 Å². The zero-order valence-electron chi connectivity index (χ0n) is 26.5. The Balaban J connectivity index is 1.32. The van der Waals surface area contributed by atoms with E-state index in [-0.39, 0.29) is 59.4 Å². The number of anilines is 2. The highest BCUT2D eigenvalue weighted by Crippen LogP contribution is 2.51. The van der Waals surface area contributed by atoms with Crippen molar-refractivity contribution in [3.05, 3.63) is 51.4 Å². The van der Waals surface area contributed by atoms with Crippen molar-refractivity contribution in [2.75, 3.05) is 36.9 Å². The molecule has 0 radical (unpaired) electrons. The van der Waals surface area contributed by atoms with Crippen molar-refractivity contribution in [2.24, 2.45) is 0 Å². The number of aromatic hydroxyl groups is 1. The summed E-state index contributed by atoms with van der Waals surface area (Å²) in [5.41, 5.74) is 7.52. The van der Waals surface area contributed by atoms with Gasteiger partial charge in [-0.2, -0.15) is 9.97 Å². The Morgan fingerprint density at radius 1 is 1.21 bits per heavy atom. The van der Waals surface area contributed by atoms with Crippen molar-refractivity contribution >= 4 is 45.7 Å². The number of phenolic OH excluding ortho intramolecular Hbond substituents is 1. The summed E-state index contributed by atoms with van der Waals surface area (Å²) in [6, 6.07) is 3.89. The molecule has 10 nitrogen and oxygen atoms in total. The fourth-order valence-corrected chi connectivity index (χ4v) is 8.41. The monoisotopic (exact) mass is 697 g/mol. The summed E-state index contributed by atoms with van der Waals surface area (Å²) in [6.45, 7) is 5.38. The highest BCUT2D eigenvalue weighted by molar-refractivity contribution is 6.32. The molecule has 4 aliphatic rings. The maximum Gasteiger partial charge on any atom is 0.319 e. The number of ether oxygens (including phenoxy) is 2. The highest BCUT2D eigenvalue weighted by atomic mass is 35.5. The van der Waals surface area contributed by atoms with Gasteiger partial charge in [0.1, 0.15) is 53.4 Å². The lowest BCUT2D eigenvalue weighted by Crippen LogP contribution is -2.43. The van der Waals surface area contributed by atoms with Gasteiger partial charge in [0, 0.05) is 35.3 Å². The van der Waals surface area contributed by atoms with E-state index in [0.717, 1.165) is 37.8 Å². The predicted octanol–water partition coefficient (Wildman–Crippen LogP) is 7.00. The number of alkyl halides is 1. The number of pyridine rings is 2. The summed E-state index contributed by atoms with van der Waals surface area (Å²) in [5, 5.41) is 11.6. The number of aromatic nitrogens is 4. The van der Waals surface area contributed by atoms with E-state index in [1.54, 1.807) is 6.07 Å². The Bertz CT molecular complexity index is 1950. The SMILES string of the molecule is C[C@H](c1cc(Cl)cnc1N)N1c2nc(OC[C@@]34CCCN3C[C@H](F)C4)nc3c(F)c(-c4cc(O)cc(Cl)c4C4CC4)nc(c23)OC[C@@H]1C. The van der Waals surface area contributed by atoms with Crippen LogP contribution in [0.4, 0.5) is 20.4 Å². The third kappa shape index (κ3) is 5.23. The zero-order valence-corrected chi connectivity index (χ0v) is 28.0. The number of fused-ring (bicyclic) bond motifs is 1. The van der Waals surface area contributed by atoms with Gasteiger partial charge in [0.2, 0.25) is 5.88 Å². The lowest BCUT2D eigenvalue weighted by molar-refractivity contribution is 0.107. The first-order valence-corrected chi connectivity index (χ1v) is 17.1. The largest absolute Gasteiger partial charge is 0.508 e. The standard InChI is InChI=1S/C34H35Cl2F2N7O3/c1-16-14-47-32-26-29(27(38)28(41-32)23-9-21(46)10-24(36)25(23)18-4-5-18)42-33(48-15-34-6-3-7-44(34)13-20(37)11-34)43-31(26)45(16)17(2)22-8-19(35)12-40-30(22)39/h8-10,12,16-18,20,46H,3-7,11,13-15H2,1-2H3,(H2,39,40)/t16-,17+,20+,34-/m0/s1. The summed E-state index contributed by atoms with van der Waals surface area (Å²) >= 11 is 13.0. The minimum absolute atomic E-state index is 0.0399. The molecule has 4 atom stereocenters. The predicted molar refractivity (Wildman–Crippen MR) is 179 cm³/mol. The minimum atomic E-state index is -0.939. The molecule has 3 N–H and O–H groups in total. The molecule has 0 spiro atoms. The number of benzene rings is 1. The van der Waals surface area contributed by atoms with Crippen molar-refractivity contribution in [3.63, 3.8) is 0 Å². The smallest absolute Gasteiger partial charge is 0.319 e. The van der Waals surface area contributed by atoms with Crippen molar-refractivity contribution < 1.29 is 23.4 Å². The van der Waals surface area contributed by atoms with Crippen LogP contribution in [-0.4, -0.2) is 74.0 Å². The van der Waals surface area contributed by atoms with Crippen LogP contribution in [-0.2, 0) is 0 Å². The molecule has 3 aliphatic heterocycles. The Morgan fingerprint density at radius 3 is 2.81 bits per heavy atom. The van der Waals surface area contributed by atoms with Gasteiger partial charge in [-0.05, 0) is 75.8 Å². The lowest BCUT2D eigenvalue weighted by Gasteiger charge is -2.35. The van der Waals surface area contributed by atoms with Crippen molar-refractivity contribution in [1.82, 2.24) is 24.8 Å². The summed E-state index contributed by atoms with van der Waals surface area (Å²) in [7, 11) is 0. The van der Waals surface area contributed by atoms with E-state index in [1.807, 2.05) is 18.7 Å². The van der Waals surface area contributed by atoms with Crippen LogP contribution < -0.4 is 20.1 Å². The molecule has 252 valence electrons. The second kappa shape index (κ2) is 11.7. The van der Waals surface area contributed by atoms with E-state index in [1.165, 1.54) is 18.3 Å². The molecule has 8 rings (SSSR count). The molecule has 0 amide bonds. The van der Waals surface area contributed by atoms with Crippen molar-refractivity contribution in [1.29, 1.82) is 0 Å². The normalized spacial score (nSPS) is 24.4. The molecule has 1 aliphatic carbocycles. The Labute approximate surface area is 286 Å². The van der Waals surface area contributed by atoms with Crippen LogP contribution in [0.5, 0.6) is 17.6 Å². The summed E-state index contributed by atoms with van der Waals surface area (Å²) in [6.07, 6.45) is 4.42. The van der Waals surface area contributed by atoms with Crippen LogP contribution in [0.25, 0.3) is 22.2 Å². The fourth-order valence-electron chi connectivity index (χ4n) is 7.88. The molecular weight excluding hydrogens is 663 g/mol. The van der Waals surface area contributed by atoms with E-state index >= 15 is 4.39 Å². The first kappa shape index (κ1) is 31.5. The molecule has 1 saturated carbocycles. The molecule has 3 fully saturated rings. The van der Waals surface area contributed by atoms with Crippen molar-refractivity contribution in [3.8, 4) is 28.9 Å². The molecule has 0 bridgehead atoms. The van der Waals surface area contributed by atoms with Crippen LogP contribution in [0.2, 0.25) is 10.0 Å². The number of halogens is 4. The average Bonchev–Trinajstić information content (AvgIpc) is 3.75. The van der Waals surface area contributed by atoms with Gasteiger partial charge < -0.3 is 25.2 Å². The van der Waals surface area contributed by atoms with Gasteiger partial charge in [0.05, 0.1) is 22.6 Å². The molecule has 48 heavy (non-hydrogen) atoms. The number of nitrogens with two attached hydrogens (primary N) is 1. The van der Waals surface area contributed by atoms with E-state index in [2.05, 4.69) is 14.9 Å². The van der Waals surface area contributed by atoms with Gasteiger partial charge in [-0.15, -0.1) is 0 Å². The fraction of sp³-hybridized carbons (Fsp3) is 0.471. The molecule has 6 heterocycles. The Hall–Kier alpha value is -3.74. The van der Waals surface area contributed by atoms with E-state index in [0.29, 0.717) is 45.8 Å². The van der Waals surface area contributed by atoms with E-state index in [9.17, 15) is 9.50 Å². The third-order valence-electron chi connectivity index (χ3n) is 10.3. The van der Waals surface area contributed by atoms with Crippen LogP contribution in [0, 0.1) is 5.82 Å². The quantitative estimate of drug-likeness (QED) is 0.209. The molecular formula is C34H35Cl2F2N7O3. The second-order valence-electron chi connectivity index (χ2n) is 13.5. The first-order chi connectivity index (χ1) is 23.0. The average molecular weight is 699 g/mol. The maximum atomic E-state index is 17.1. The lowest BCUT2D eigenvalue weighted by atomic mass is 9.95. The van der Waals surface area contributed by atoms with Crippen molar-refractivity contribution in [2.45, 2.75) is 75.7 Å².